The second kappa shape index (κ2) is 6.55. The smallest absolute Gasteiger partial charge is 0.213 e. The maximum absolute atomic E-state index is 11.8. The molecular weight excluding hydrogens is 260 g/mol. The van der Waals surface area contributed by atoms with Crippen molar-refractivity contribution in [2.45, 2.75) is 39.5 Å². The lowest BCUT2D eigenvalue weighted by molar-refractivity contribution is 0.142. The molecule has 0 unspecified atom stereocenters. The van der Waals surface area contributed by atoms with E-state index in [4.69, 9.17) is 0 Å². The zero-order chi connectivity index (χ0) is 13.9. The number of hydrogen-bond acceptors (Lipinski definition) is 3. The summed E-state index contributed by atoms with van der Waals surface area (Å²) in [7, 11) is -2.97. The van der Waals surface area contributed by atoms with Gasteiger partial charge >= 0.3 is 0 Å². The first kappa shape index (κ1) is 15.3. The van der Waals surface area contributed by atoms with E-state index in [1.165, 1.54) is 32.5 Å². The molecule has 0 aromatic carbocycles. The maximum Gasteiger partial charge on any atom is 0.213 e. The second-order valence-electron chi connectivity index (χ2n) is 6.23. The monoisotopic (exact) mass is 288 g/mol. The van der Waals surface area contributed by atoms with E-state index in [0.717, 1.165) is 31.8 Å². The van der Waals surface area contributed by atoms with Gasteiger partial charge in [-0.2, -0.15) is 0 Å². The molecule has 2 aliphatic heterocycles. The van der Waals surface area contributed by atoms with E-state index in [2.05, 4.69) is 11.8 Å². The van der Waals surface area contributed by atoms with Gasteiger partial charge in [-0.25, -0.2) is 12.7 Å². The molecule has 2 rings (SSSR count). The van der Waals surface area contributed by atoms with E-state index < -0.39 is 10.0 Å². The number of sulfonamides is 1. The summed E-state index contributed by atoms with van der Waals surface area (Å²) in [5, 5.41) is 0. The Labute approximate surface area is 118 Å². The van der Waals surface area contributed by atoms with E-state index in [0.29, 0.717) is 5.92 Å². The Morgan fingerprint density at radius 1 is 1.00 bits per heavy atom. The van der Waals surface area contributed by atoms with E-state index in [1.54, 1.807) is 11.2 Å². The summed E-state index contributed by atoms with van der Waals surface area (Å²) in [4.78, 5) is 2.58. The summed E-state index contributed by atoms with van der Waals surface area (Å²) < 4.78 is 25.3. The fourth-order valence-electron chi connectivity index (χ4n) is 3.16. The van der Waals surface area contributed by atoms with Gasteiger partial charge in [-0.05, 0) is 57.5 Å². The Hall–Kier alpha value is -0.130. The van der Waals surface area contributed by atoms with Crippen molar-refractivity contribution in [3.05, 3.63) is 0 Å². The molecule has 0 aliphatic carbocycles. The van der Waals surface area contributed by atoms with Crippen LogP contribution in [0.15, 0.2) is 0 Å². The molecule has 0 aromatic heterocycles. The Bertz CT molecular complexity index is 367. The van der Waals surface area contributed by atoms with Gasteiger partial charge in [0.25, 0.3) is 0 Å². The molecule has 2 fully saturated rings. The summed E-state index contributed by atoms with van der Waals surface area (Å²) >= 11 is 0. The van der Waals surface area contributed by atoms with E-state index >= 15 is 0 Å². The van der Waals surface area contributed by atoms with E-state index in [1.807, 2.05) is 0 Å². The summed E-state index contributed by atoms with van der Waals surface area (Å²) in [5.74, 6) is 1.81. The number of rotatable bonds is 4. The lowest BCUT2D eigenvalue weighted by atomic mass is 9.94. The first-order valence-electron chi connectivity index (χ1n) is 7.71. The van der Waals surface area contributed by atoms with E-state index in [9.17, 15) is 8.42 Å². The third kappa shape index (κ3) is 4.17. The van der Waals surface area contributed by atoms with Gasteiger partial charge in [-0.15, -0.1) is 0 Å². The van der Waals surface area contributed by atoms with Crippen LogP contribution in [0.5, 0.6) is 0 Å². The highest BCUT2D eigenvalue weighted by molar-refractivity contribution is 7.89. The molecule has 0 bridgehead atoms. The average Bonchev–Trinajstić information content (AvgIpc) is 2.42. The highest BCUT2D eigenvalue weighted by atomic mass is 32.2. The molecule has 0 N–H and O–H groups in total. The van der Waals surface area contributed by atoms with Crippen LogP contribution < -0.4 is 0 Å². The predicted molar refractivity (Wildman–Crippen MR) is 78.6 cm³/mol. The Morgan fingerprint density at radius 3 is 2.11 bits per heavy atom. The summed E-state index contributed by atoms with van der Waals surface area (Å²) in [6.07, 6.45) is 4.71. The molecule has 112 valence electrons. The summed E-state index contributed by atoms with van der Waals surface area (Å²) in [6, 6.07) is 0. The van der Waals surface area contributed by atoms with Crippen LogP contribution in [0, 0.1) is 11.8 Å². The van der Waals surface area contributed by atoms with Gasteiger partial charge in [0, 0.05) is 19.6 Å². The Balaban J connectivity index is 1.75. The van der Waals surface area contributed by atoms with Crippen molar-refractivity contribution in [1.82, 2.24) is 9.21 Å². The Kier molecular flexibility index (Phi) is 5.26. The van der Waals surface area contributed by atoms with Crippen LogP contribution in [0.1, 0.15) is 39.5 Å². The van der Waals surface area contributed by atoms with Gasteiger partial charge in [0.05, 0.1) is 5.75 Å². The number of nitrogens with zero attached hydrogens (tertiary/aromatic N) is 2. The zero-order valence-electron chi connectivity index (χ0n) is 12.3. The molecule has 0 aromatic rings. The minimum atomic E-state index is -2.97. The third-order valence-corrected chi connectivity index (χ3v) is 6.61. The fourth-order valence-corrected chi connectivity index (χ4v) is 4.29. The average molecular weight is 288 g/mol. The van der Waals surface area contributed by atoms with Crippen LogP contribution in [0.3, 0.4) is 0 Å². The topological polar surface area (TPSA) is 40.6 Å². The van der Waals surface area contributed by atoms with Crippen molar-refractivity contribution >= 4 is 10.0 Å². The molecule has 4 nitrogen and oxygen atoms in total. The quantitative estimate of drug-likeness (QED) is 0.792. The summed E-state index contributed by atoms with van der Waals surface area (Å²) in [6.45, 7) is 9.16. The molecule has 2 aliphatic rings. The fraction of sp³-hybridized carbons (Fsp3) is 1.00. The molecule has 0 spiro atoms. The molecule has 0 amide bonds. The molecule has 0 saturated carbocycles. The van der Waals surface area contributed by atoms with Gasteiger partial charge in [-0.3, -0.25) is 0 Å². The number of piperidine rings is 2. The van der Waals surface area contributed by atoms with Gasteiger partial charge in [0.2, 0.25) is 10.0 Å². The van der Waals surface area contributed by atoms with Crippen LogP contribution in [-0.2, 0) is 10.0 Å². The minimum absolute atomic E-state index is 0.238. The van der Waals surface area contributed by atoms with Gasteiger partial charge < -0.3 is 4.90 Å². The van der Waals surface area contributed by atoms with Crippen LogP contribution in [-0.4, -0.2) is 56.1 Å². The SMILES string of the molecule is CCS(=O)(=O)N1CCC(CN2CCC(C)CC2)CC1. The molecule has 0 atom stereocenters. The van der Waals surface area contributed by atoms with Crippen molar-refractivity contribution in [2.75, 3.05) is 38.5 Å². The molecule has 2 heterocycles. The van der Waals surface area contributed by atoms with Crippen molar-refractivity contribution in [3.8, 4) is 0 Å². The minimum Gasteiger partial charge on any atom is -0.303 e. The van der Waals surface area contributed by atoms with Crippen molar-refractivity contribution in [1.29, 1.82) is 0 Å². The van der Waals surface area contributed by atoms with Crippen molar-refractivity contribution in [2.24, 2.45) is 11.8 Å². The van der Waals surface area contributed by atoms with Gasteiger partial charge in [0.1, 0.15) is 0 Å². The van der Waals surface area contributed by atoms with Crippen LogP contribution in [0.4, 0.5) is 0 Å². The molecular formula is C14H28N2O2S. The second-order valence-corrected chi connectivity index (χ2v) is 8.48. The highest BCUT2D eigenvalue weighted by Gasteiger charge is 2.28. The molecule has 19 heavy (non-hydrogen) atoms. The normalized spacial score (nSPS) is 25.8. The molecule has 5 heteroatoms. The molecule has 2 saturated heterocycles. The predicted octanol–water partition coefficient (Wildman–Crippen LogP) is 1.78. The Morgan fingerprint density at radius 2 is 1.58 bits per heavy atom. The number of likely N-dealkylation sites (tertiary alicyclic amines) is 1. The van der Waals surface area contributed by atoms with Gasteiger partial charge in [-0.1, -0.05) is 6.92 Å². The van der Waals surface area contributed by atoms with Crippen molar-refractivity contribution in [3.63, 3.8) is 0 Å². The lowest BCUT2D eigenvalue weighted by Gasteiger charge is -2.36. The lowest BCUT2D eigenvalue weighted by Crippen LogP contribution is -2.43. The first-order chi connectivity index (χ1) is 9.01. The summed E-state index contributed by atoms with van der Waals surface area (Å²) in [5.41, 5.74) is 0. The van der Waals surface area contributed by atoms with E-state index in [-0.39, 0.29) is 5.75 Å². The molecule has 0 radical (unpaired) electrons. The van der Waals surface area contributed by atoms with Crippen LogP contribution in [0.25, 0.3) is 0 Å². The van der Waals surface area contributed by atoms with Crippen LogP contribution >= 0.6 is 0 Å². The largest absolute Gasteiger partial charge is 0.303 e. The van der Waals surface area contributed by atoms with Crippen molar-refractivity contribution < 1.29 is 8.42 Å². The third-order valence-electron chi connectivity index (χ3n) is 4.72. The highest BCUT2D eigenvalue weighted by Crippen LogP contribution is 2.23. The maximum atomic E-state index is 11.8. The zero-order valence-corrected chi connectivity index (χ0v) is 13.2. The standard InChI is InChI=1S/C14H28N2O2S/c1-3-19(17,18)16-10-6-14(7-11-16)12-15-8-4-13(2)5-9-15/h13-14H,3-12H2,1-2H3. The number of hydrogen-bond donors (Lipinski definition) is 0. The van der Waals surface area contributed by atoms with Gasteiger partial charge in [0.15, 0.2) is 0 Å². The van der Waals surface area contributed by atoms with Crippen LogP contribution in [0.2, 0.25) is 0 Å². The first-order valence-corrected chi connectivity index (χ1v) is 9.32.